The van der Waals surface area contributed by atoms with Gasteiger partial charge in [0.15, 0.2) is 0 Å². The van der Waals surface area contributed by atoms with Gasteiger partial charge < -0.3 is 4.52 Å². The normalized spacial score (nSPS) is 9.40. The van der Waals surface area contributed by atoms with Crippen molar-refractivity contribution in [3.05, 3.63) is 17.5 Å². The maximum atomic E-state index is 10.7. The van der Waals surface area contributed by atoms with Gasteiger partial charge in [-0.05, 0) is 6.92 Å². The number of nitrogens with zero attached hydrogens (tertiary/aromatic N) is 1. The summed E-state index contributed by atoms with van der Waals surface area (Å²) in [6, 6.07) is 1.50. The molecule has 1 rings (SSSR count). The summed E-state index contributed by atoms with van der Waals surface area (Å²) in [4.78, 5) is 10.7. The van der Waals surface area contributed by atoms with Gasteiger partial charge in [0.05, 0.1) is 5.69 Å². The third-order valence-corrected chi connectivity index (χ3v) is 0.983. The Labute approximate surface area is 57.1 Å². The van der Waals surface area contributed by atoms with Crippen molar-refractivity contribution in [1.82, 2.24) is 10.6 Å². The number of carbonyl (C=O) groups is 1. The second-order valence-corrected chi connectivity index (χ2v) is 1.81. The lowest BCUT2D eigenvalue weighted by atomic mass is 10.4. The number of amides is 1. The molecular formula is C5H7N3O2. The summed E-state index contributed by atoms with van der Waals surface area (Å²) in [5.41, 5.74) is 2.57. The number of hydrazine groups is 1. The number of nitrogens with one attached hydrogen (secondary N) is 1. The summed E-state index contributed by atoms with van der Waals surface area (Å²) < 4.78 is 4.57. The standard InChI is InChI=1S/C5H7N3O2/c1-3-2-4(10-8-3)5(9)7-6/h2H,6H2,1H3,(H,7,9). The molecule has 0 fully saturated rings. The summed E-state index contributed by atoms with van der Waals surface area (Å²) in [7, 11) is 0. The molecule has 0 bridgehead atoms. The van der Waals surface area contributed by atoms with Crippen LogP contribution < -0.4 is 11.3 Å². The molecule has 54 valence electrons. The minimum absolute atomic E-state index is 0.125. The molecule has 1 amide bonds. The van der Waals surface area contributed by atoms with Crippen molar-refractivity contribution in [2.75, 3.05) is 0 Å². The molecule has 0 radical (unpaired) electrons. The Morgan fingerprint density at radius 3 is 3.00 bits per heavy atom. The first-order valence-electron chi connectivity index (χ1n) is 2.68. The van der Waals surface area contributed by atoms with E-state index >= 15 is 0 Å². The van der Waals surface area contributed by atoms with Crippen LogP contribution in [0.15, 0.2) is 10.6 Å². The van der Waals surface area contributed by atoms with E-state index in [1.807, 2.05) is 5.43 Å². The molecular weight excluding hydrogens is 134 g/mol. The van der Waals surface area contributed by atoms with Gasteiger partial charge in [-0.1, -0.05) is 5.16 Å². The largest absolute Gasteiger partial charge is 0.351 e. The third-order valence-electron chi connectivity index (χ3n) is 0.983. The molecule has 0 aliphatic heterocycles. The zero-order valence-corrected chi connectivity index (χ0v) is 5.42. The van der Waals surface area contributed by atoms with E-state index in [-0.39, 0.29) is 5.76 Å². The summed E-state index contributed by atoms with van der Waals surface area (Å²) in [5, 5.41) is 3.49. The summed E-state index contributed by atoms with van der Waals surface area (Å²) in [5.74, 6) is 4.48. The number of hydrogen-bond acceptors (Lipinski definition) is 4. The molecule has 3 N–H and O–H groups in total. The van der Waals surface area contributed by atoms with E-state index in [0.717, 1.165) is 0 Å². The number of nitrogens with two attached hydrogens (primary N) is 1. The molecule has 0 saturated carbocycles. The van der Waals surface area contributed by atoms with Crippen molar-refractivity contribution in [2.24, 2.45) is 5.84 Å². The summed E-state index contributed by atoms with van der Waals surface area (Å²) in [6.07, 6.45) is 0. The number of aromatic nitrogens is 1. The molecule has 0 aliphatic rings. The fourth-order valence-corrected chi connectivity index (χ4v) is 0.542. The minimum Gasteiger partial charge on any atom is -0.351 e. The lowest BCUT2D eigenvalue weighted by Crippen LogP contribution is -2.29. The number of carbonyl (C=O) groups excluding carboxylic acids is 1. The van der Waals surface area contributed by atoms with Gasteiger partial charge in [-0.15, -0.1) is 0 Å². The van der Waals surface area contributed by atoms with Crippen LogP contribution >= 0.6 is 0 Å². The fraction of sp³-hybridized carbons (Fsp3) is 0.200. The molecule has 0 spiro atoms. The van der Waals surface area contributed by atoms with Crippen LogP contribution in [0.2, 0.25) is 0 Å². The number of hydrogen-bond donors (Lipinski definition) is 2. The Hall–Kier alpha value is -1.36. The third kappa shape index (κ3) is 1.14. The van der Waals surface area contributed by atoms with E-state index in [9.17, 15) is 4.79 Å². The molecule has 0 saturated heterocycles. The highest BCUT2D eigenvalue weighted by Crippen LogP contribution is 2.00. The molecule has 1 aromatic rings. The van der Waals surface area contributed by atoms with E-state index in [2.05, 4.69) is 9.68 Å². The predicted molar refractivity (Wildman–Crippen MR) is 32.9 cm³/mol. The van der Waals surface area contributed by atoms with Gasteiger partial charge in [-0.2, -0.15) is 0 Å². The molecule has 1 aromatic heterocycles. The van der Waals surface area contributed by atoms with Crippen LogP contribution in [0.3, 0.4) is 0 Å². The van der Waals surface area contributed by atoms with Crippen LogP contribution in [0.4, 0.5) is 0 Å². The fourth-order valence-electron chi connectivity index (χ4n) is 0.542. The van der Waals surface area contributed by atoms with Gasteiger partial charge in [-0.3, -0.25) is 10.2 Å². The lowest BCUT2D eigenvalue weighted by molar-refractivity contribution is 0.0916. The second-order valence-electron chi connectivity index (χ2n) is 1.81. The van der Waals surface area contributed by atoms with Crippen molar-refractivity contribution >= 4 is 5.91 Å². The van der Waals surface area contributed by atoms with Crippen LogP contribution in [0.25, 0.3) is 0 Å². The van der Waals surface area contributed by atoms with E-state index in [4.69, 9.17) is 5.84 Å². The molecule has 0 aliphatic carbocycles. The van der Waals surface area contributed by atoms with E-state index in [1.54, 1.807) is 6.92 Å². The average molecular weight is 141 g/mol. The van der Waals surface area contributed by atoms with Gasteiger partial charge in [0.1, 0.15) is 0 Å². The van der Waals surface area contributed by atoms with Gasteiger partial charge in [0.2, 0.25) is 5.76 Å². The first-order valence-corrected chi connectivity index (χ1v) is 2.68. The van der Waals surface area contributed by atoms with Crippen molar-refractivity contribution in [1.29, 1.82) is 0 Å². The molecule has 0 atom stereocenters. The molecule has 5 heteroatoms. The van der Waals surface area contributed by atoms with Gasteiger partial charge in [0, 0.05) is 6.07 Å². The highest BCUT2D eigenvalue weighted by Gasteiger charge is 2.07. The second kappa shape index (κ2) is 2.49. The average Bonchev–Trinajstić information content (AvgIpc) is 2.34. The van der Waals surface area contributed by atoms with Gasteiger partial charge >= 0.3 is 5.91 Å². The maximum Gasteiger partial charge on any atom is 0.303 e. The van der Waals surface area contributed by atoms with Crippen molar-refractivity contribution in [2.45, 2.75) is 6.92 Å². The number of nitrogen functional groups attached to an aromatic ring is 1. The number of aryl methyl sites for hydroxylation is 1. The SMILES string of the molecule is Cc1cc(C(=O)NN)on1. The monoisotopic (exact) mass is 141 g/mol. The lowest BCUT2D eigenvalue weighted by Gasteiger charge is -1.88. The van der Waals surface area contributed by atoms with Crippen LogP contribution in [-0.2, 0) is 0 Å². The van der Waals surface area contributed by atoms with Crippen molar-refractivity contribution < 1.29 is 9.32 Å². The zero-order valence-electron chi connectivity index (χ0n) is 5.42. The van der Waals surface area contributed by atoms with E-state index < -0.39 is 5.91 Å². The smallest absolute Gasteiger partial charge is 0.303 e. The molecule has 10 heavy (non-hydrogen) atoms. The molecule has 0 aromatic carbocycles. The quantitative estimate of drug-likeness (QED) is 0.316. The van der Waals surface area contributed by atoms with E-state index in [1.165, 1.54) is 6.07 Å². The van der Waals surface area contributed by atoms with Gasteiger partial charge in [0.25, 0.3) is 0 Å². The summed E-state index contributed by atoms with van der Waals surface area (Å²) in [6.45, 7) is 1.72. The molecule has 5 nitrogen and oxygen atoms in total. The van der Waals surface area contributed by atoms with Crippen molar-refractivity contribution in [3.63, 3.8) is 0 Å². The minimum atomic E-state index is -0.472. The highest BCUT2D eigenvalue weighted by molar-refractivity contribution is 5.90. The van der Waals surface area contributed by atoms with Crippen LogP contribution in [0.1, 0.15) is 16.2 Å². The van der Waals surface area contributed by atoms with Crippen molar-refractivity contribution in [3.8, 4) is 0 Å². The molecule has 0 unspecified atom stereocenters. The van der Waals surface area contributed by atoms with E-state index in [0.29, 0.717) is 5.69 Å². The van der Waals surface area contributed by atoms with Crippen LogP contribution in [-0.4, -0.2) is 11.1 Å². The Bertz CT molecular complexity index is 243. The first-order chi connectivity index (χ1) is 4.74. The zero-order chi connectivity index (χ0) is 7.56. The first kappa shape index (κ1) is 6.76. The summed E-state index contributed by atoms with van der Waals surface area (Å²) >= 11 is 0. The van der Waals surface area contributed by atoms with Crippen LogP contribution in [0.5, 0.6) is 0 Å². The van der Waals surface area contributed by atoms with Crippen LogP contribution in [0, 0.1) is 6.92 Å². The van der Waals surface area contributed by atoms with Gasteiger partial charge in [-0.25, -0.2) is 5.84 Å². The molecule has 1 heterocycles. The topological polar surface area (TPSA) is 81.2 Å². The highest BCUT2D eigenvalue weighted by atomic mass is 16.5. The number of rotatable bonds is 1. The Morgan fingerprint density at radius 2 is 2.60 bits per heavy atom. The Balaban J connectivity index is 2.85. The Kier molecular flexibility index (Phi) is 1.68. The predicted octanol–water partition coefficient (Wildman–Crippen LogP) is -0.413. The maximum absolute atomic E-state index is 10.7. The Morgan fingerprint density at radius 1 is 1.90 bits per heavy atom.